The molecule has 98 valence electrons. The van der Waals surface area contributed by atoms with Gasteiger partial charge >= 0.3 is 5.97 Å². The van der Waals surface area contributed by atoms with Gasteiger partial charge in [0, 0.05) is 18.8 Å². The van der Waals surface area contributed by atoms with E-state index in [1.54, 1.807) is 0 Å². The summed E-state index contributed by atoms with van der Waals surface area (Å²) in [5.41, 5.74) is 1.14. The fraction of sp³-hybridized carbons (Fsp3) is 0.500. The summed E-state index contributed by atoms with van der Waals surface area (Å²) in [6.07, 6.45) is 1.56. The van der Waals surface area contributed by atoms with Crippen LogP contribution in [0.1, 0.15) is 12.8 Å². The highest BCUT2D eigenvalue weighted by atomic mass is 16.4. The first-order chi connectivity index (χ1) is 8.75. The molecule has 0 amide bonds. The quantitative estimate of drug-likeness (QED) is 0.835. The second-order valence-corrected chi connectivity index (χ2v) is 4.75. The molecule has 18 heavy (non-hydrogen) atoms. The van der Waals surface area contributed by atoms with Gasteiger partial charge in [-0.1, -0.05) is 18.2 Å². The topological polar surface area (TPSA) is 52.6 Å². The van der Waals surface area contributed by atoms with Gasteiger partial charge in [-0.2, -0.15) is 0 Å². The second-order valence-electron chi connectivity index (χ2n) is 4.75. The molecule has 1 fully saturated rings. The number of nitrogens with one attached hydrogen (secondary N) is 1. The molecule has 4 nitrogen and oxygen atoms in total. The number of para-hydroxylation sites is 1. The third kappa shape index (κ3) is 3.74. The van der Waals surface area contributed by atoms with Crippen molar-refractivity contribution in [3.63, 3.8) is 0 Å². The predicted molar refractivity (Wildman–Crippen MR) is 71.7 cm³/mol. The summed E-state index contributed by atoms with van der Waals surface area (Å²) in [4.78, 5) is 13.2. The van der Waals surface area contributed by atoms with Gasteiger partial charge in [-0.05, 0) is 38.1 Å². The van der Waals surface area contributed by atoms with Crippen molar-refractivity contribution in [2.45, 2.75) is 12.8 Å². The molecule has 0 atom stereocenters. The van der Waals surface area contributed by atoms with Crippen LogP contribution in [-0.4, -0.2) is 42.2 Å². The molecule has 0 bridgehead atoms. The van der Waals surface area contributed by atoms with Gasteiger partial charge in [0.1, 0.15) is 0 Å². The largest absolute Gasteiger partial charge is 0.481 e. The molecule has 1 heterocycles. The van der Waals surface area contributed by atoms with Gasteiger partial charge in [0.2, 0.25) is 0 Å². The molecule has 1 aliphatic rings. The Bertz CT molecular complexity index is 373. The van der Waals surface area contributed by atoms with E-state index in [0.29, 0.717) is 0 Å². The van der Waals surface area contributed by atoms with E-state index in [1.807, 2.05) is 18.2 Å². The van der Waals surface area contributed by atoms with Crippen LogP contribution < -0.4 is 5.32 Å². The minimum atomic E-state index is -0.642. The highest BCUT2D eigenvalue weighted by Gasteiger charge is 2.23. The van der Waals surface area contributed by atoms with Crippen LogP contribution in [0.25, 0.3) is 0 Å². The van der Waals surface area contributed by atoms with Gasteiger partial charge in [0.15, 0.2) is 0 Å². The lowest BCUT2D eigenvalue weighted by Crippen LogP contribution is -2.38. The Morgan fingerprint density at radius 1 is 1.28 bits per heavy atom. The van der Waals surface area contributed by atoms with Gasteiger partial charge in [0.05, 0.1) is 5.92 Å². The third-order valence-electron chi connectivity index (χ3n) is 3.47. The Hall–Kier alpha value is -1.55. The number of carbonyl (C=O) groups is 1. The number of hydrogen-bond acceptors (Lipinski definition) is 3. The summed E-state index contributed by atoms with van der Waals surface area (Å²) in [7, 11) is 0. The molecule has 1 aromatic rings. The van der Waals surface area contributed by atoms with Crippen LogP contribution in [0.15, 0.2) is 30.3 Å². The fourth-order valence-corrected chi connectivity index (χ4v) is 2.32. The van der Waals surface area contributed by atoms with Gasteiger partial charge in [-0.15, -0.1) is 0 Å². The number of piperidine rings is 1. The van der Waals surface area contributed by atoms with Crippen LogP contribution in [0.4, 0.5) is 5.69 Å². The molecule has 2 N–H and O–H groups in total. The van der Waals surface area contributed by atoms with Crippen LogP contribution in [0.2, 0.25) is 0 Å². The Labute approximate surface area is 108 Å². The summed E-state index contributed by atoms with van der Waals surface area (Å²) in [5.74, 6) is -0.777. The number of benzene rings is 1. The lowest BCUT2D eigenvalue weighted by molar-refractivity contribution is -0.143. The Morgan fingerprint density at radius 2 is 1.94 bits per heavy atom. The van der Waals surface area contributed by atoms with E-state index in [2.05, 4.69) is 22.3 Å². The molecule has 2 rings (SSSR count). The number of aliphatic carboxylic acids is 1. The average molecular weight is 248 g/mol. The number of carboxylic acids is 1. The maximum atomic E-state index is 10.8. The Kier molecular flexibility index (Phi) is 4.59. The van der Waals surface area contributed by atoms with Crippen LogP contribution in [0, 0.1) is 5.92 Å². The lowest BCUT2D eigenvalue weighted by atomic mass is 9.97. The van der Waals surface area contributed by atoms with Crippen LogP contribution >= 0.6 is 0 Å². The van der Waals surface area contributed by atoms with Crippen molar-refractivity contribution in [3.8, 4) is 0 Å². The lowest BCUT2D eigenvalue weighted by Gasteiger charge is -2.30. The third-order valence-corrected chi connectivity index (χ3v) is 3.47. The smallest absolute Gasteiger partial charge is 0.306 e. The first kappa shape index (κ1) is 12.9. The SMILES string of the molecule is O=C(O)C1CCN(CCNc2ccccc2)CC1. The van der Waals surface area contributed by atoms with Crippen molar-refractivity contribution in [1.82, 2.24) is 4.90 Å². The number of carboxylic acid groups (broad SMARTS) is 1. The molecule has 0 spiro atoms. The van der Waals surface area contributed by atoms with E-state index in [-0.39, 0.29) is 5.92 Å². The predicted octanol–water partition coefficient (Wildman–Crippen LogP) is 1.90. The second kappa shape index (κ2) is 6.40. The molecule has 1 aliphatic heterocycles. The molecule has 0 aliphatic carbocycles. The van der Waals surface area contributed by atoms with E-state index in [9.17, 15) is 4.79 Å². The highest BCUT2D eigenvalue weighted by Crippen LogP contribution is 2.16. The van der Waals surface area contributed by atoms with Gasteiger partial charge in [0.25, 0.3) is 0 Å². The maximum Gasteiger partial charge on any atom is 0.306 e. The molecule has 1 saturated heterocycles. The van der Waals surface area contributed by atoms with Crippen molar-refractivity contribution >= 4 is 11.7 Å². The minimum Gasteiger partial charge on any atom is -0.481 e. The van der Waals surface area contributed by atoms with Crippen molar-refractivity contribution < 1.29 is 9.90 Å². The summed E-state index contributed by atoms with van der Waals surface area (Å²) >= 11 is 0. The molecule has 1 aromatic carbocycles. The van der Waals surface area contributed by atoms with Crippen molar-refractivity contribution in [2.75, 3.05) is 31.5 Å². The number of nitrogens with zero attached hydrogens (tertiary/aromatic N) is 1. The van der Waals surface area contributed by atoms with E-state index < -0.39 is 5.97 Å². The number of hydrogen-bond donors (Lipinski definition) is 2. The van der Waals surface area contributed by atoms with E-state index >= 15 is 0 Å². The first-order valence-electron chi connectivity index (χ1n) is 6.50. The molecule has 0 unspecified atom stereocenters. The van der Waals surface area contributed by atoms with Crippen molar-refractivity contribution in [1.29, 1.82) is 0 Å². The van der Waals surface area contributed by atoms with Crippen LogP contribution in [0.3, 0.4) is 0 Å². The van der Waals surface area contributed by atoms with E-state index in [0.717, 1.165) is 44.7 Å². The number of rotatable bonds is 5. The average Bonchev–Trinajstić information content (AvgIpc) is 2.40. The summed E-state index contributed by atoms with van der Waals surface area (Å²) in [6.45, 7) is 3.67. The summed E-state index contributed by atoms with van der Waals surface area (Å²) in [5, 5.41) is 12.3. The monoisotopic (exact) mass is 248 g/mol. The van der Waals surface area contributed by atoms with Crippen molar-refractivity contribution in [3.05, 3.63) is 30.3 Å². The number of anilines is 1. The van der Waals surface area contributed by atoms with Crippen LogP contribution in [-0.2, 0) is 4.79 Å². The molecule has 0 radical (unpaired) electrons. The molecular formula is C14H20N2O2. The molecule has 4 heteroatoms. The standard InChI is InChI=1S/C14H20N2O2/c17-14(18)12-6-9-16(10-7-12)11-8-15-13-4-2-1-3-5-13/h1-5,12,15H,6-11H2,(H,17,18). The maximum absolute atomic E-state index is 10.8. The number of likely N-dealkylation sites (tertiary alicyclic amines) is 1. The van der Waals surface area contributed by atoms with E-state index in [4.69, 9.17) is 5.11 Å². The van der Waals surface area contributed by atoms with Gasteiger partial charge < -0.3 is 15.3 Å². The first-order valence-corrected chi connectivity index (χ1v) is 6.50. The van der Waals surface area contributed by atoms with Gasteiger partial charge in [-0.3, -0.25) is 4.79 Å². The van der Waals surface area contributed by atoms with Gasteiger partial charge in [-0.25, -0.2) is 0 Å². The summed E-state index contributed by atoms with van der Waals surface area (Å²) < 4.78 is 0. The molecular weight excluding hydrogens is 228 g/mol. The summed E-state index contributed by atoms with van der Waals surface area (Å²) in [6, 6.07) is 10.1. The Morgan fingerprint density at radius 3 is 2.56 bits per heavy atom. The zero-order valence-electron chi connectivity index (χ0n) is 10.5. The Balaban J connectivity index is 1.65. The van der Waals surface area contributed by atoms with E-state index in [1.165, 1.54) is 0 Å². The zero-order valence-corrected chi connectivity index (χ0v) is 10.5. The normalized spacial score (nSPS) is 17.6. The fourth-order valence-electron chi connectivity index (χ4n) is 2.32. The van der Waals surface area contributed by atoms with Crippen molar-refractivity contribution in [2.24, 2.45) is 5.92 Å². The molecule has 0 saturated carbocycles. The minimum absolute atomic E-state index is 0.136. The van der Waals surface area contributed by atoms with Crippen LogP contribution in [0.5, 0.6) is 0 Å². The highest BCUT2D eigenvalue weighted by molar-refractivity contribution is 5.70. The zero-order chi connectivity index (χ0) is 12.8. The molecule has 0 aromatic heterocycles.